The fraction of sp³-hybridized carbons (Fsp3) is 0.900. The molecule has 14 heavy (non-hydrogen) atoms. The fourth-order valence-electron chi connectivity index (χ4n) is 1.12. The van der Waals surface area contributed by atoms with E-state index >= 15 is 0 Å². The smallest absolute Gasteiger partial charge is 0.219 e. The number of amides is 1. The second-order valence-corrected chi connectivity index (χ2v) is 3.41. The third kappa shape index (κ3) is 8.01. The SMILES string of the molecule is CNC(=O)CCCNC(C)CCOC. The van der Waals surface area contributed by atoms with Gasteiger partial charge in [0.15, 0.2) is 0 Å². The molecule has 0 aliphatic rings. The number of hydrogen-bond donors (Lipinski definition) is 2. The van der Waals surface area contributed by atoms with E-state index in [1.165, 1.54) is 0 Å². The van der Waals surface area contributed by atoms with Crippen molar-refractivity contribution in [2.75, 3.05) is 27.3 Å². The van der Waals surface area contributed by atoms with Crippen LogP contribution in [0.4, 0.5) is 0 Å². The van der Waals surface area contributed by atoms with Crippen LogP contribution in [0.2, 0.25) is 0 Å². The Morgan fingerprint density at radius 2 is 2.21 bits per heavy atom. The molecule has 0 rings (SSSR count). The quantitative estimate of drug-likeness (QED) is 0.564. The minimum atomic E-state index is 0.108. The Hall–Kier alpha value is -0.610. The van der Waals surface area contributed by atoms with Gasteiger partial charge in [-0.3, -0.25) is 4.79 Å². The van der Waals surface area contributed by atoms with Crippen molar-refractivity contribution in [3.05, 3.63) is 0 Å². The summed E-state index contributed by atoms with van der Waals surface area (Å²) in [4.78, 5) is 10.9. The lowest BCUT2D eigenvalue weighted by Crippen LogP contribution is -2.29. The lowest BCUT2D eigenvalue weighted by atomic mass is 10.2. The van der Waals surface area contributed by atoms with Gasteiger partial charge in [0.25, 0.3) is 0 Å². The van der Waals surface area contributed by atoms with Gasteiger partial charge >= 0.3 is 0 Å². The van der Waals surface area contributed by atoms with Gasteiger partial charge in [0, 0.05) is 33.2 Å². The second kappa shape index (κ2) is 8.97. The molecule has 0 aliphatic carbocycles. The van der Waals surface area contributed by atoms with Crippen molar-refractivity contribution in [2.45, 2.75) is 32.2 Å². The molecule has 0 aromatic rings. The molecular weight excluding hydrogens is 180 g/mol. The van der Waals surface area contributed by atoms with Gasteiger partial charge in [-0.1, -0.05) is 0 Å². The van der Waals surface area contributed by atoms with E-state index in [0.29, 0.717) is 12.5 Å². The van der Waals surface area contributed by atoms with Crippen LogP contribution in [0.15, 0.2) is 0 Å². The third-order valence-electron chi connectivity index (χ3n) is 2.11. The maximum atomic E-state index is 10.9. The molecule has 84 valence electrons. The first-order valence-electron chi connectivity index (χ1n) is 5.13. The van der Waals surface area contributed by atoms with E-state index in [9.17, 15) is 4.79 Å². The summed E-state index contributed by atoms with van der Waals surface area (Å²) in [5.41, 5.74) is 0. The van der Waals surface area contributed by atoms with Crippen molar-refractivity contribution >= 4 is 5.91 Å². The molecule has 0 fully saturated rings. The van der Waals surface area contributed by atoms with E-state index in [0.717, 1.165) is 26.0 Å². The molecule has 1 unspecified atom stereocenters. The molecule has 0 heterocycles. The Bertz CT molecular complexity index is 151. The van der Waals surface area contributed by atoms with Gasteiger partial charge in [-0.25, -0.2) is 0 Å². The summed E-state index contributed by atoms with van der Waals surface area (Å²) in [5.74, 6) is 0.108. The van der Waals surface area contributed by atoms with Crippen LogP contribution >= 0.6 is 0 Å². The highest BCUT2D eigenvalue weighted by molar-refractivity contribution is 5.75. The monoisotopic (exact) mass is 202 g/mol. The van der Waals surface area contributed by atoms with Crippen molar-refractivity contribution in [2.24, 2.45) is 0 Å². The average Bonchev–Trinajstić information content (AvgIpc) is 2.21. The highest BCUT2D eigenvalue weighted by Gasteiger charge is 2.01. The molecule has 1 atom stereocenters. The fourth-order valence-corrected chi connectivity index (χ4v) is 1.12. The minimum absolute atomic E-state index is 0.108. The topological polar surface area (TPSA) is 50.4 Å². The van der Waals surface area contributed by atoms with Crippen molar-refractivity contribution in [1.82, 2.24) is 10.6 Å². The molecule has 0 aliphatic heterocycles. The van der Waals surface area contributed by atoms with Crippen LogP contribution < -0.4 is 10.6 Å². The zero-order valence-corrected chi connectivity index (χ0v) is 9.43. The molecular formula is C10H22N2O2. The summed E-state index contributed by atoms with van der Waals surface area (Å²) in [6.45, 7) is 3.79. The Morgan fingerprint density at radius 3 is 2.79 bits per heavy atom. The summed E-state index contributed by atoms with van der Waals surface area (Å²) in [7, 11) is 3.37. The van der Waals surface area contributed by atoms with Gasteiger partial charge in [0.1, 0.15) is 0 Å². The van der Waals surface area contributed by atoms with Crippen LogP contribution in [0.25, 0.3) is 0 Å². The normalized spacial score (nSPS) is 12.5. The maximum absolute atomic E-state index is 10.9. The van der Waals surface area contributed by atoms with Gasteiger partial charge in [0.05, 0.1) is 0 Å². The van der Waals surface area contributed by atoms with Crippen LogP contribution in [-0.4, -0.2) is 39.3 Å². The third-order valence-corrected chi connectivity index (χ3v) is 2.11. The van der Waals surface area contributed by atoms with Crippen LogP contribution in [-0.2, 0) is 9.53 Å². The molecule has 0 saturated carbocycles. The molecule has 0 aromatic heterocycles. The van der Waals surface area contributed by atoms with Gasteiger partial charge in [-0.15, -0.1) is 0 Å². The molecule has 2 N–H and O–H groups in total. The largest absolute Gasteiger partial charge is 0.385 e. The van der Waals surface area contributed by atoms with Crippen LogP contribution in [0, 0.1) is 0 Å². The van der Waals surface area contributed by atoms with Crippen LogP contribution in [0.5, 0.6) is 0 Å². The van der Waals surface area contributed by atoms with E-state index in [1.54, 1.807) is 14.2 Å². The standard InChI is InChI=1S/C10H22N2O2/c1-9(6-8-14-3)12-7-4-5-10(13)11-2/h9,12H,4-8H2,1-3H3,(H,11,13). The van der Waals surface area contributed by atoms with Crippen LogP contribution in [0.3, 0.4) is 0 Å². The Balaban J connectivity index is 3.22. The first kappa shape index (κ1) is 13.4. The predicted molar refractivity (Wildman–Crippen MR) is 57.3 cm³/mol. The van der Waals surface area contributed by atoms with Crippen molar-refractivity contribution < 1.29 is 9.53 Å². The van der Waals surface area contributed by atoms with E-state index in [1.807, 2.05) is 0 Å². The molecule has 0 aromatic carbocycles. The summed E-state index contributed by atoms with van der Waals surface area (Å²) >= 11 is 0. The van der Waals surface area contributed by atoms with Crippen molar-refractivity contribution in [3.63, 3.8) is 0 Å². The Morgan fingerprint density at radius 1 is 1.50 bits per heavy atom. The van der Waals surface area contributed by atoms with Gasteiger partial charge in [-0.05, 0) is 26.3 Å². The number of rotatable bonds is 8. The number of nitrogens with one attached hydrogen (secondary N) is 2. The highest BCUT2D eigenvalue weighted by Crippen LogP contribution is 1.92. The van der Waals surface area contributed by atoms with Crippen LogP contribution in [0.1, 0.15) is 26.2 Å². The first-order chi connectivity index (χ1) is 6.70. The molecule has 1 amide bonds. The lowest BCUT2D eigenvalue weighted by Gasteiger charge is -2.12. The first-order valence-corrected chi connectivity index (χ1v) is 5.13. The summed E-state index contributed by atoms with van der Waals surface area (Å²) < 4.78 is 4.97. The molecule has 0 spiro atoms. The van der Waals surface area contributed by atoms with E-state index in [-0.39, 0.29) is 5.91 Å². The Kier molecular flexibility index (Phi) is 8.57. The Labute approximate surface area is 86.4 Å². The molecule has 0 bridgehead atoms. The molecule has 0 radical (unpaired) electrons. The minimum Gasteiger partial charge on any atom is -0.385 e. The maximum Gasteiger partial charge on any atom is 0.219 e. The van der Waals surface area contributed by atoms with Gasteiger partial charge in [0.2, 0.25) is 5.91 Å². The number of hydrogen-bond acceptors (Lipinski definition) is 3. The highest BCUT2D eigenvalue weighted by atomic mass is 16.5. The van der Waals surface area contributed by atoms with Gasteiger partial charge in [-0.2, -0.15) is 0 Å². The zero-order valence-electron chi connectivity index (χ0n) is 9.43. The lowest BCUT2D eigenvalue weighted by molar-refractivity contribution is -0.120. The average molecular weight is 202 g/mol. The van der Waals surface area contributed by atoms with E-state index < -0.39 is 0 Å². The number of ether oxygens (including phenoxy) is 1. The zero-order chi connectivity index (χ0) is 10.8. The van der Waals surface area contributed by atoms with Gasteiger partial charge < -0.3 is 15.4 Å². The number of carbonyl (C=O) groups is 1. The summed E-state index contributed by atoms with van der Waals surface area (Å²) in [6.07, 6.45) is 2.49. The molecule has 4 heteroatoms. The molecule has 0 saturated heterocycles. The second-order valence-electron chi connectivity index (χ2n) is 3.41. The van der Waals surface area contributed by atoms with E-state index in [2.05, 4.69) is 17.6 Å². The predicted octanol–water partition coefficient (Wildman–Crippen LogP) is 0.527. The number of carbonyl (C=O) groups excluding carboxylic acids is 1. The van der Waals surface area contributed by atoms with Crippen molar-refractivity contribution in [1.29, 1.82) is 0 Å². The van der Waals surface area contributed by atoms with E-state index in [4.69, 9.17) is 4.74 Å². The van der Waals surface area contributed by atoms with Crippen molar-refractivity contribution in [3.8, 4) is 0 Å². The summed E-state index contributed by atoms with van der Waals surface area (Å²) in [6, 6.07) is 0.458. The summed E-state index contributed by atoms with van der Waals surface area (Å²) in [5, 5.41) is 5.94. The number of methoxy groups -OCH3 is 1. The molecule has 4 nitrogen and oxygen atoms in total.